The van der Waals surface area contributed by atoms with Gasteiger partial charge in [0.1, 0.15) is 0 Å². The Morgan fingerprint density at radius 1 is 1.39 bits per heavy atom. The van der Waals surface area contributed by atoms with E-state index in [0.717, 1.165) is 30.6 Å². The summed E-state index contributed by atoms with van der Waals surface area (Å²) in [6.45, 7) is 2.89. The third-order valence-corrected chi connectivity index (χ3v) is 4.43. The molecule has 0 spiro atoms. The van der Waals surface area contributed by atoms with E-state index in [1.807, 2.05) is 0 Å². The van der Waals surface area contributed by atoms with Gasteiger partial charge in [-0.1, -0.05) is 0 Å². The van der Waals surface area contributed by atoms with E-state index in [0.29, 0.717) is 25.1 Å². The van der Waals surface area contributed by atoms with Crippen LogP contribution in [0.1, 0.15) is 27.9 Å². The van der Waals surface area contributed by atoms with Gasteiger partial charge in [-0.05, 0) is 30.5 Å². The molecule has 3 rings (SSSR count). The SMILES string of the molecule is CN(C)C(=O)N1CCc2c(cncc2C(=O)NC2CCNC2)C1. The van der Waals surface area contributed by atoms with Gasteiger partial charge in [0.2, 0.25) is 0 Å². The molecule has 0 bridgehead atoms. The Hall–Kier alpha value is -2.15. The van der Waals surface area contributed by atoms with E-state index in [2.05, 4.69) is 15.6 Å². The third-order valence-electron chi connectivity index (χ3n) is 4.43. The van der Waals surface area contributed by atoms with E-state index in [4.69, 9.17) is 0 Å². The number of nitrogens with zero attached hydrogens (tertiary/aromatic N) is 3. The van der Waals surface area contributed by atoms with Crippen molar-refractivity contribution in [3.8, 4) is 0 Å². The van der Waals surface area contributed by atoms with Gasteiger partial charge < -0.3 is 20.4 Å². The van der Waals surface area contributed by atoms with Crippen LogP contribution in [0.2, 0.25) is 0 Å². The van der Waals surface area contributed by atoms with Crippen LogP contribution in [-0.2, 0) is 13.0 Å². The molecule has 0 aliphatic carbocycles. The lowest BCUT2D eigenvalue weighted by molar-refractivity contribution is 0.0938. The number of hydrogen-bond donors (Lipinski definition) is 2. The molecule has 2 aliphatic heterocycles. The standard InChI is InChI=1S/C16H23N5O2/c1-20(2)16(23)21-6-4-13-11(10-21)7-18-9-14(13)15(22)19-12-3-5-17-8-12/h7,9,12,17H,3-6,8,10H2,1-2H3,(H,19,22). The number of amides is 3. The quantitative estimate of drug-likeness (QED) is 0.818. The highest BCUT2D eigenvalue weighted by atomic mass is 16.2. The molecule has 1 unspecified atom stereocenters. The Kier molecular flexibility index (Phi) is 4.47. The zero-order valence-electron chi connectivity index (χ0n) is 13.6. The molecule has 1 atom stereocenters. The number of urea groups is 1. The summed E-state index contributed by atoms with van der Waals surface area (Å²) in [6.07, 6.45) is 5.04. The Labute approximate surface area is 136 Å². The molecule has 7 nitrogen and oxygen atoms in total. The second-order valence-electron chi connectivity index (χ2n) is 6.34. The van der Waals surface area contributed by atoms with Crippen LogP contribution in [-0.4, -0.2) is 66.5 Å². The van der Waals surface area contributed by atoms with Crippen LogP contribution in [0.5, 0.6) is 0 Å². The number of aromatic nitrogens is 1. The summed E-state index contributed by atoms with van der Waals surface area (Å²) in [7, 11) is 3.49. The number of carbonyl (C=O) groups is 2. The highest BCUT2D eigenvalue weighted by Gasteiger charge is 2.26. The van der Waals surface area contributed by atoms with Crippen LogP contribution < -0.4 is 10.6 Å². The molecule has 0 radical (unpaired) electrons. The van der Waals surface area contributed by atoms with Crippen molar-refractivity contribution in [2.75, 3.05) is 33.7 Å². The van der Waals surface area contributed by atoms with Crippen LogP contribution in [0.4, 0.5) is 4.79 Å². The fourth-order valence-corrected chi connectivity index (χ4v) is 3.18. The zero-order valence-corrected chi connectivity index (χ0v) is 13.6. The van der Waals surface area contributed by atoms with Crippen molar-refractivity contribution in [2.45, 2.75) is 25.4 Å². The molecule has 23 heavy (non-hydrogen) atoms. The first-order valence-electron chi connectivity index (χ1n) is 8.00. The lowest BCUT2D eigenvalue weighted by Gasteiger charge is -2.31. The minimum absolute atomic E-state index is 0.0115. The van der Waals surface area contributed by atoms with Crippen molar-refractivity contribution in [3.63, 3.8) is 0 Å². The Morgan fingerprint density at radius 2 is 2.22 bits per heavy atom. The summed E-state index contributed by atoms with van der Waals surface area (Å²) in [5, 5.41) is 6.31. The van der Waals surface area contributed by atoms with E-state index in [1.54, 1.807) is 36.3 Å². The van der Waals surface area contributed by atoms with Gasteiger partial charge in [-0.15, -0.1) is 0 Å². The number of rotatable bonds is 2. The summed E-state index contributed by atoms with van der Waals surface area (Å²) < 4.78 is 0. The van der Waals surface area contributed by atoms with Crippen molar-refractivity contribution < 1.29 is 9.59 Å². The fraction of sp³-hybridized carbons (Fsp3) is 0.562. The van der Waals surface area contributed by atoms with E-state index in [1.165, 1.54) is 0 Å². The summed E-state index contributed by atoms with van der Waals surface area (Å²) >= 11 is 0. The number of pyridine rings is 1. The van der Waals surface area contributed by atoms with Gasteiger partial charge in [0.15, 0.2) is 0 Å². The summed E-state index contributed by atoms with van der Waals surface area (Å²) in [5.74, 6) is -0.0598. The first-order chi connectivity index (χ1) is 11.1. The van der Waals surface area contributed by atoms with Gasteiger partial charge in [-0.3, -0.25) is 9.78 Å². The Morgan fingerprint density at radius 3 is 2.91 bits per heavy atom. The van der Waals surface area contributed by atoms with Gasteiger partial charge in [-0.25, -0.2) is 4.79 Å². The molecule has 2 aliphatic rings. The second kappa shape index (κ2) is 6.54. The minimum Gasteiger partial charge on any atom is -0.348 e. The van der Waals surface area contributed by atoms with E-state index < -0.39 is 0 Å². The molecule has 1 fully saturated rings. The minimum atomic E-state index is -0.0598. The van der Waals surface area contributed by atoms with Crippen LogP contribution in [0.3, 0.4) is 0 Å². The van der Waals surface area contributed by atoms with Gasteiger partial charge in [0.05, 0.1) is 5.56 Å². The van der Waals surface area contributed by atoms with Crippen LogP contribution in [0.15, 0.2) is 12.4 Å². The number of fused-ring (bicyclic) bond motifs is 1. The van der Waals surface area contributed by atoms with Crippen molar-refractivity contribution in [1.82, 2.24) is 25.4 Å². The molecule has 1 saturated heterocycles. The highest BCUT2D eigenvalue weighted by Crippen LogP contribution is 2.22. The molecular formula is C16H23N5O2. The molecular weight excluding hydrogens is 294 g/mol. The third kappa shape index (κ3) is 3.29. The Bertz CT molecular complexity index is 610. The summed E-state index contributed by atoms with van der Waals surface area (Å²) in [6, 6.07) is 0.177. The van der Waals surface area contributed by atoms with E-state index in [9.17, 15) is 9.59 Å². The largest absolute Gasteiger partial charge is 0.348 e. The predicted octanol–water partition coefficient (Wildman–Crippen LogP) is 0.213. The maximum Gasteiger partial charge on any atom is 0.319 e. The van der Waals surface area contributed by atoms with Crippen LogP contribution in [0.25, 0.3) is 0 Å². The molecule has 1 aromatic heterocycles. The molecule has 3 heterocycles. The van der Waals surface area contributed by atoms with E-state index >= 15 is 0 Å². The monoisotopic (exact) mass is 317 g/mol. The lowest BCUT2D eigenvalue weighted by Crippen LogP contribution is -2.43. The van der Waals surface area contributed by atoms with Crippen LogP contribution >= 0.6 is 0 Å². The van der Waals surface area contributed by atoms with Crippen molar-refractivity contribution in [2.24, 2.45) is 0 Å². The average Bonchev–Trinajstić information content (AvgIpc) is 3.05. The molecule has 2 N–H and O–H groups in total. The summed E-state index contributed by atoms with van der Waals surface area (Å²) in [5.41, 5.74) is 2.63. The van der Waals surface area contributed by atoms with Crippen molar-refractivity contribution in [3.05, 3.63) is 29.1 Å². The number of nitrogens with one attached hydrogen (secondary N) is 2. The van der Waals surface area contributed by atoms with Gasteiger partial charge in [0, 0.05) is 52.2 Å². The summed E-state index contributed by atoms with van der Waals surface area (Å²) in [4.78, 5) is 32.2. The maximum atomic E-state index is 12.5. The molecule has 1 aromatic rings. The lowest BCUT2D eigenvalue weighted by atomic mass is 9.96. The topological polar surface area (TPSA) is 77.6 Å². The van der Waals surface area contributed by atoms with Gasteiger partial charge in [-0.2, -0.15) is 0 Å². The fourth-order valence-electron chi connectivity index (χ4n) is 3.18. The maximum absolute atomic E-state index is 12.5. The van der Waals surface area contributed by atoms with Crippen molar-refractivity contribution >= 4 is 11.9 Å². The van der Waals surface area contributed by atoms with Gasteiger partial charge >= 0.3 is 6.03 Å². The molecule has 0 saturated carbocycles. The number of carbonyl (C=O) groups excluding carboxylic acids is 2. The molecule has 3 amide bonds. The first kappa shape index (κ1) is 15.7. The van der Waals surface area contributed by atoms with E-state index in [-0.39, 0.29) is 18.0 Å². The zero-order chi connectivity index (χ0) is 16.4. The smallest absolute Gasteiger partial charge is 0.319 e. The molecule has 7 heteroatoms. The number of hydrogen-bond acceptors (Lipinski definition) is 4. The normalized spacial score (nSPS) is 20.1. The average molecular weight is 317 g/mol. The Balaban J connectivity index is 1.76. The van der Waals surface area contributed by atoms with Crippen LogP contribution in [0, 0.1) is 0 Å². The van der Waals surface area contributed by atoms with Crippen molar-refractivity contribution in [1.29, 1.82) is 0 Å². The molecule has 0 aromatic carbocycles. The van der Waals surface area contributed by atoms with Gasteiger partial charge in [0.25, 0.3) is 5.91 Å². The molecule has 124 valence electrons. The predicted molar refractivity (Wildman–Crippen MR) is 86.2 cm³/mol. The second-order valence-corrected chi connectivity index (χ2v) is 6.34. The highest BCUT2D eigenvalue weighted by molar-refractivity contribution is 5.96. The first-order valence-corrected chi connectivity index (χ1v) is 8.00.